The van der Waals surface area contributed by atoms with Crippen molar-refractivity contribution in [3.8, 4) is 10.4 Å². The standard InChI is InChI=1S/C20H19N3O4S/c1-3-9-21-18(25)13(2)27-17(24)11-23-12-22-19-15(20(23)26)10-16(28-19)14-7-5-4-6-8-14/h3-8,10,12-13H,1,9,11H2,2H3,(H,21,25)/t13-/m1/s1. The van der Waals surface area contributed by atoms with E-state index in [4.69, 9.17) is 4.74 Å². The van der Waals surface area contributed by atoms with Gasteiger partial charge in [0.1, 0.15) is 11.4 Å². The monoisotopic (exact) mass is 397 g/mol. The van der Waals surface area contributed by atoms with Crippen molar-refractivity contribution in [3.05, 3.63) is 65.7 Å². The molecular formula is C20H19N3O4S. The minimum Gasteiger partial charge on any atom is -0.451 e. The van der Waals surface area contributed by atoms with Crippen molar-refractivity contribution in [2.24, 2.45) is 0 Å². The van der Waals surface area contributed by atoms with Crippen molar-refractivity contribution in [2.45, 2.75) is 19.6 Å². The van der Waals surface area contributed by atoms with Gasteiger partial charge >= 0.3 is 5.97 Å². The number of aromatic nitrogens is 2. The zero-order valence-corrected chi connectivity index (χ0v) is 16.1. The lowest BCUT2D eigenvalue weighted by Crippen LogP contribution is -2.37. The minimum absolute atomic E-state index is 0.280. The summed E-state index contributed by atoms with van der Waals surface area (Å²) in [5, 5.41) is 2.98. The summed E-state index contributed by atoms with van der Waals surface area (Å²) in [4.78, 5) is 42.4. The lowest BCUT2D eigenvalue weighted by Gasteiger charge is -2.13. The second kappa shape index (κ2) is 8.62. The van der Waals surface area contributed by atoms with Crippen LogP contribution in [0.15, 0.2) is 60.2 Å². The molecule has 8 heteroatoms. The van der Waals surface area contributed by atoms with Gasteiger partial charge in [-0.3, -0.25) is 19.0 Å². The number of hydrogen-bond donors (Lipinski definition) is 1. The molecule has 2 aromatic heterocycles. The highest BCUT2D eigenvalue weighted by atomic mass is 32.1. The number of benzene rings is 1. The number of nitrogens with one attached hydrogen (secondary N) is 1. The topological polar surface area (TPSA) is 90.3 Å². The molecule has 0 spiro atoms. The highest BCUT2D eigenvalue weighted by Crippen LogP contribution is 2.30. The molecule has 1 atom stereocenters. The molecule has 3 rings (SSSR count). The molecule has 0 saturated heterocycles. The Labute approximate surface area is 165 Å². The van der Waals surface area contributed by atoms with E-state index in [-0.39, 0.29) is 18.6 Å². The van der Waals surface area contributed by atoms with E-state index in [1.54, 1.807) is 6.07 Å². The lowest BCUT2D eigenvalue weighted by molar-refractivity contribution is -0.155. The highest BCUT2D eigenvalue weighted by molar-refractivity contribution is 7.21. The molecule has 0 unspecified atom stereocenters. The Balaban J connectivity index is 1.76. The van der Waals surface area contributed by atoms with E-state index in [0.717, 1.165) is 10.4 Å². The Kier molecular flexibility index (Phi) is 6.00. The van der Waals surface area contributed by atoms with Crippen LogP contribution in [0.4, 0.5) is 0 Å². The summed E-state index contributed by atoms with van der Waals surface area (Å²) in [6.07, 6.45) is 1.88. The van der Waals surface area contributed by atoms with Gasteiger partial charge in [0.05, 0.1) is 11.7 Å². The summed E-state index contributed by atoms with van der Waals surface area (Å²) in [7, 11) is 0. The Bertz CT molecular complexity index is 1070. The van der Waals surface area contributed by atoms with Gasteiger partial charge < -0.3 is 10.1 Å². The molecule has 1 aromatic carbocycles. The second-order valence-corrected chi connectivity index (χ2v) is 7.07. The van der Waals surface area contributed by atoms with Crippen molar-refractivity contribution in [1.29, 1.82) is 0 Å². The molecular weight excluding hydrogens is 378 g/mol. The first kappa shape index (κ1) is 19.5. The predicted octanol–water partition coefficient (Wildman–Crippen LogP) is 2.36. The fourth-order valence-corrected chi connectivity index (χ4v) is 3.56. The molecule has 0 saturated carbocycles. The quantitative estimate of drug-likeness (QED) is 0.488. The average Bonchev–Trinajstić information content (AvgIpc) is 3.14. The Morgan fingerprint density at radius 1 is 1.36 bits per heavy atom. The SMILES string of the molecule is C=CCNC(=O)[C@@H](C)OC(=O)Cn1cnc2sc(-c3ccccc3)cc2c1=O. The van der Waals surface area contributed by atoms with Crippen LogP contribution in [0.1, 0.15) is 6.92 Å². The van der Waals surface area contributed by atoms with Crippen LogP contribution in [0.5, 0.6) is 0 Å². The number of thiophene rings is 1. The number of ether oxygens (including phenoxy) is 1. The van der Waals surface area contributed by atoms with Gasteiger partial charge in [-0.15, -0.1) is 17.9 Å². The van der Waals surface area contributed by atoms with Crippen molar-refractivity contribution >= 4 is 33.4 Å². The van der Waals surface area contributed by atoms with E-state index < -0.39 is 18.0 Å². The number of esters is 1. The summed E-state index contributed by atoms with van der Waals surface area (Å²) in [6.45, 7) is 4.92. The molecule has 0 aliphatic heterocycles. The van der Waals surface area contributed by atoms with E-state index in [9.17, 15) is 14.4 Å². The second-order valence-electron chi connectivity index (χ2n) is 6.04. The van der Waals surface area contributed by atoms with Gasteiger partial charge in [0.15, 0.2) is 6.10 Å². The van der Waals surface area contributed by atoms with Gasteiger partial charge in [-0.2, -0.15) is 0 Å². The smallest absolute Gasteiger partial charge is 0.326 e. The number of carbonyl (C=O) groups is 2. The van der Waals surface area contributed by atoms with Gasteiger partial charge in [-0.05, 0) is 18.6 Å². The highest BCUT2D eigenvalue weighted by Gasteiger charge is 2.18. The summed E-state index contributed by atoms with van der Waals surface area (Å²) in [5.41, 5.74) is 0.666. The molecule has 7 nitrogen and oxygen atoms in total. The van der Waals surface area contributed by atoms with Crippen molar-refractivity contribution in [3.63, 3.8) is 0 Å². The van der Waals surface area contributed by atoms with Crippen LogP contribution < -0.4 is 10.9 Å². The van der Waals surface area contributed by atoms with E-state index in [1.165, 1.54) is 35.2 Å². The van der Waals surface area contributed by atoms with Crippen LogP contribution >= 0.6 is 11.3 Å². The maximum absolute atomic E-state index is 12.7. The Morgan fingerprint density at radius 2 is 2.11 bits per heavy atom. The largest absolute Gasteiger partial charge is 0.451 e. The third-order valence-corrected chi connectivity index (χ3v) is 5.07. The van der Waals surface area contributed by atoms with E-state index in [2.05, 4.69) is 16.9 Å². The Morgan fingerprint density at radius 3 is 2.82 bits per heavy atom. The van der Waals surface area contributed by atoms with Crippen LogP contribution in [-0.4, -0.2) is 34.1 Å². The summed E-state index contributed by atoms with van der Waals surface area (Å²) >= 11 is 1.41. The molecule has 3 aromatic rings. The number of rotatable bonds is 7. The van der Waals surface area contributed by atoms with Gasteiger partial charge in [0, 0.05) is 11.4 Å². The normalized spacial score (nSPS) is 11.8. The zero-order valence-electron chi connectivity index (χ0n) is 15.3. The molecule has 0 fully saturated rings. The first-order valence-corrected chi connectivity index (χ1v) is 9.43. The molecule has 144 valence electrons. The van der Waals surface area contributed by atoms with E-state index in [1.807, 2.05) is 30.3 Å². The molecule has 0 radical (unpaired) electrons. The first-order chi connectivity index (χ1) is 13.5. The van der Waals surface area contributed by atoms with Crippen LogP contribution in [0.25, 0.3) is 20.7 Å². The summed E-state index contributed by atoms with van der Waals surface area (Å²) in [5.74, 6) is -1.12. The molecule has 0 aliphatic rings. The maximum atomic E-state index is 12.7. The van der Waals surface area contributed by atoms with Crippen LogP contribution in [0.2, 0.25) is 0 Å². The molecule has 1 N–H and O–H groups in total. The number of fused-ring (bicyclic) bond motifs is 1. The zero-order chi connectivity index (χ0) is 20.1. The van der Waals surface area contributed by atoms with Crippen molar-refractivity contribution in [2.75, 3.05) is 6.54 Å². The number of carbonyl (C=O) groups excluding carboxylic acids is 2. The number of nitrogens with zero attached hydrogens (tertiary/aromatic N) is 2. The van der Waals surface area contributed by atoms with Crippen molar-refractivity contribution < 1.29 is 14.3 Å². The fourth-order valence-electron chi connectivity index (χ4n) is 2.56. The van der Waals surface area contributed by atoms with Gasteiger partial charge in [0.2, 0.25) is 0 Å². The van der Waals surface area contributed by atoms with E-state index >= 15 is 0 Å². The summed E-state index contributed by atoms with van der Waals surface area (Å²) < 4.78 is 6.27. The molecule has 28 heavy (non-hydrogen) atoms. The minimum atomic E-state index is -0.967. The number of amides is 1. The molecule has 0 bridgehead atoms. The maximum Gasteiger partial charge on any atom is 0.326 e. The molecule has 0 aliphatic carbocycles. The predicted molar refractivity (Wildman–Crippen MR) is 108 cm³/mol. The van der Waals surface area contributed by atoms with Crippen molar-refractivity contribution in [1.82, 2.24) is 14.9 Å². The average molecular weight is 397 g/mol. The van der Waals surface area contributed by atoms with Crippen LogP contribution in [0, 0.1) is 0 Å². The third-order valence-electron chi connectivity index (χ3n) is 3.97. The Hall–Kier alpha value is -3.26. The third kappa shape index (κ3) is 4.34. The van der Waals surface area contributed by atoms with Gasteiger partial charge in [-0.25, -0.2) is 4.98 Å². The van der Waals surface area contributed by atoms with Gasteiger partial charge in [-0.1, -0.05) is 36.4 Å². The number of hydrogen-bond acceptors (Lipinski definition) is 6. The fraction of sp³-hybridized carbons (Fsp3) is 0.200. The molecule has 2 heterocycles. The molecule has 1 amide bonds. The van der Waals surface area contributed by atoms with Crippen LogP contribution in [0.3, 0.4) is 0 Å². The summed E-state index contributed by atoms with van der Waals surface area (Å²) in [6, 6.07) is 11.5. The van der Waals surface area contributed by atoms with Crippen LogP contribution in [-0.2, 0) is 20.9 Å². The van der Waals surface area contributed by atoms with Gasteiger partial charge in [0.25, 0.3) is 11.5 Å². The van der Waals surface area contributed by atoms with E-state index in [0.29, 0.717) is 10.2 Å². The first-order valence-electron chi connectivity index (χ1n) is 8.62. The lowest BCUT2D eigenvalue weighted by atomic mass is 10.2.